The Hall–Kier alpha value is -3.39. The lowest BCUT2D eigenvalue weighted by Crippen LogP contribution is -2.42. The average Bonchev–Trinajstić information content (AvgIpc) is 3.45. The quantitative estimate of drug-likeness (QED) is 0.466. The van der Waals surface area contributed by atoms with E-state index < -0.39 is 0 Å². The number of hydrogen-bond acceptors (Lipinski definition) is 5. The maximum absolute atomic E-state index is 12.4. The molecule has 0 saturated carbocycles. The highest BCUT2D eigenvalue weighted by molar-refractivity contribution is 6.33. The molecule has 4 heterocycles. The van der Waals surface area contributed by atoms with E-state index in [0.717, 1.165) is 29.3 Å². The van der Waals surface area contributed by atoms with Gasteiger partial charge in [0, 0.05) is 41.8 Å². The molecule has 9 heteroatoms. The first-order chi connectivity index (χ1) is 14.7. The number of nitrogens with one attached hydrogen (secondary N) is 3. The Bertz CT molecular complexity index is 1180. The van der Waals surface area contributed by atoms with Crippen LogP contribution in [0.15, 0.2) is 49.2 Å². The number of amides is 1. The van der Waals surface area contributed by atoms with Crippen LogP contribution in [0.2, 0.25) is 5.02 Å². The topological polar surface area (TPSA) is 103 Å². The summed E-state index contributed by atoms with van der Waals surface area (Å²) in [6, 6.07) is 8.23. The molecule has 1 aliphatic heterocycles. The van der Waals surface area contributed by atoms with Crippen LogP contribution in [0.4, 0.5) is 5.95 Å². The molecule has 5 rings (SSSR count). The number of carbonyl (C=O) groups is 1. The van der Waals surface area contributed by atoms with Gasteiger partial charge < -0.3 is 20.2 Å². The number of para-hydroxylation sites is 1. The number of piperidine rings is 1. The largest absolute Gasteiger partial charge is 0.360 e. The number of fused-ring (bicyclic) bond motifs is 1. The Labute approximate surface area is 177 Å². The number of imidazole rings is 1. The Morgan fingerprint density at radius 3 is 2.80 bits per heavy atom. The fourth-order valence-corrected chi connectivity index (χ4v) is 4.04. The molecule has 0 atom stereocenters. The third-order valence-corrected chi connectivity index (χ3v) is 5.71. The van der Waals surface area contributed by atoms with Crippen molar-refractivity contribution in [1.29, 1.82) is 0 Å². The second-order valence-corrected chi connectivity index (χ2v) is 7.72. The Kier molecular flexibility index (Phi) is 4.84. The summed E-state index contributed by atoms with van der Waals surface area (Å²) < 4.78 is 0. The Morgan fingerprint density at radius 2 is 2.00 bits per heavy atom. The van der Waals surface area contributed by atoms with Gasteiger partial charge in [-0.3, -0.25) is 4.79 Å². The summed E-state index contributed by atoms with van der Waals surface area (Å²) in [5.41, 5.74) is 3.19. The van der Waals surface area contributed by atoms with E-state index in [1.54, 1.807) is 12.4 Å². The van der Waals surface area contributed by atoms with Crippen LogP contribution in [-0.4, -0.2) is 54.9 Å². The number of rotatable bonds is 4. The van der Waals surface area contributed by atoms with Crippen molar-refractivity contribution in [2.75, 3.05) is 18.4 Å². The zero-order valence-corrected chi connectivity index (χ0v) is 16.9. The number of aromatic nitrogens is 5. The SMILES string of the molecule is O=C(c1cnc[nH]1)N1CCC(Nc2ncc(Cl)c(-c3c[nH]c4ccccc34)n2)CC1. The number of anilines is 1. The lowest BCUT2D eigenvalue weighted by Gasteiger charge is -2.32. The van der Waals surface area contributed by atoms with Crippen molar-refractivity contribution >= 4 is 34.4 Å². The van der Waals surface area contributed by atoms with Crippen molar-refractivity contribution in [3.05, 3.63) is 59.9 Å². The predicted octanol–water partition coefficient (Wildman–Crippen LogP) is 3.72. The van der Waals surface area contributed by atoms with Crippen LogP contribution in [0, 0.1) is 0 Å². The third-order valence-electron chi connectivity index (χ3n) is 5.43. The smallest absolute Gasteiger partial charge is 0.271 e. The van der Waals surface area contributed by atoms with Crippen LogP contribution >= 0.6 is 11.6 Å². The highest BCUT2D eigenvalue weighted by Gasteiger charge is 2.25. The first-order valence-corrected chi connectivity index (χ1v) is 10.2. The van der Waals surface area contributed by atoms with Crippen LogP contribution in [-0.2, 0) is 0 Å². The molecule has 0 spiro atoms. The van der Waals surface area contributed by atoms with Gasteiger partial charge in [-0.1, -0.05) is 29.8 Å². The number of halogens is 1. The van der Waals surface area contributed by atoms with Gasteiger partial charge in [0.2, 0.25) is 5.95 Å². The Morgan fingerprint density at radius 1 is 1.17 bits per heavy atom. The number of carbonyl (C=O) groups excluding carboxylic acids is 1. The normalized spacial score (nSPS) is 14.9. The van der Waals surface area contributed by atoms with Gasteiger partial charge in [0.05, 0.1) is 29.4 Å². The number of benzene rings is 1. The number of H-pyrrole nitrogens is 2. The Balaban J connectivity index is 1.30. The van der Waals surface area contributed by atoms with E-state index in [2.05, 4.69) is 30.2 Å². The molecule has 1 aromatic carbocycles. The van der Waals surface area contributed by atoms with Crippen molar-refractivity contribution in [1.82, 2.24) is 29.8 Å². The zero-order chi connectivity index (χ0) is 20.5. The summed E-state index contributed by atoms with van der Waals surface area (Å²) in [5, 5.41) is 4.97. The molecule has 4 aromatic rings. The first-order valence-electron chi connectivity index (χ1n) is 9.82. The van der Waals surface area contributed by atoms with Crippen molar-refractivity contribution in [3.8, 4) is 11.3 Å². The first kappa shape index (κ1) is 18.6. The van der Waals surface area contributed by atoms with Crippen LogP contribution in [0.3, 0.4) is 0 Å². The minimum absolute atomic E-state index is 0.0182. The van der Waals surface area contributed by atoms with E-state index in [1.165, 1.54) is 6.33 Å². The van der Waals surface area contributed by atoms with Gasteiger partial charge in [-0.25, -0.2) is 15.0 Å². The molecule has 0 bridgehead atoms. The summed E-state index contributed by atoms with van der Waals surface area (Å²) in [6.45, 7) is 1.33. The summed E-state index contributed by atoms with van der Waals surface area (Å²) >= 11 is 6.41. The fourth-order valence-electron chi connectivity index (χ4n) is 3.85. The van der Waals surface area contributed by atoms with Gasteiger partial charge in [0.15, 0.2) is 0 Å². The van der Waals surface area contributed by atoms with E-state index in [0.29, 0.717) is 35.4 Å². The van der Waals surface area contributed by atoms with E-state index in [4.69, 9.17) is 11.6 Å². The highest BCUT2D eigenvalue weighted by atomic mass is 35.5. The molecule has 0 radical (unpaired) electrons. The fraction of sp³-hybridized carbons (Fsp3) is 0.238. The van der Waals surface area contributed by atoms with Gasteiger partial charge in [-0.15, -0.1) is 0 Å². The molecular formula is C21H20ClN7O. The number of aromatic amines is 2. The number of nitrogens with zero attached hydrogens (tertiary/aromatic N) is 4. The van der Waals surface area contributed by atoms with Crippen molar-refractivity contribution in [2.24, 2.45) is 0 Å². The monoisotopic (exact) mass is 421 g/mol. The molecule has 0 aliphatic carbocycles. The average molecular weight is 422 g/mol. The summed E-state index contributed by atoms with van der Waals surface area (Å²) in [7, 11) is 0. The molecule has 1 fully saturated rings. The maximum atomic E-state index is 12.4. The molecule has 152 valence electrons. The van der Waals surface area contributed by atoms with Gasteiger partial charge >= 0.3 is 0 Å². The minimum atomic E-state index is -0.0182. The number of hydrogen-bond donors (Lipinski definition) is 3. The molecule has 1 amide bonds. The summed E-state index contributed by atoms with van der Waals surface area (Å²) in [6.07, 6.45) is 8.25. The van der Waals surface area contributed by atoms with Gasteiger partial charge in [0.25, 0.3) is 5.91 Å². The second-order valence-electron chi connectivity index (χ2n) is 7.31. The van der Waals surface area contributed by atoms with Crippen molar-refractivity contribution in [2.45, 2.75) is 18.9 Å². The highest BCUT2D eigenvalue weighted by Crippen LogP contribution is 2.32. The standard InChI is InChI=1S/C21H20ClN7O/c22-16-10-25-21(28-19(16)15-9-24-17-4-2-1-3-14(15)17)27-13-5-7-29(8-6-13)20(30)18-11-23-12-26-18/h1-4,9-13,24H,5-8H2,(H,23,26)(H,25,27,28). The van der Waals surface area contributed by atoms with Gasteiger partial charge in [-0.2, -0.15) is 0 Å². The van der Waals surface area contributed by atoms with Gasteiger partial charge in [0.1, 0.15) is 5.69 Å². The predicted molar refractivity (Wildman–Crippen MR) is 115 cm³/mol. The van der Waals surface area contributed by atoms with Crippen molar-refractivity contribution in [3.63, 3.8) is 0 Å². The van der Waals surface area contributed by atoms with Crippen LogP contribution in [0.25, 0.3) is 22.2 Å². The van der Waals surface area contributed by atoms with E-state index in [9.17, 15) is 4.79 Å². The van der Waals surface area contributed by atoms with Gasteiger partial charge in [-0.05, 0) is 18.9 Å². The molecule has 30 heavy (non-hydrogen) atoms. The van der Waals surface area contributed by atoms with Crippen LogP contribution in [0.5, 0.6) is 0 Å². The minimum Gasteiger partial charge on any atom is -0.360 e. The van der Waals surface area contributed by atoms with E-state index >= 15 is 0 Å². The molecule has 1 aliphatic rings. The third kappa shape index (κ3) is 3.50. The van der Waals surface area contributed by atoms with E-state index in [1.807, 2.05) is 35.4 Å². The summed E-state index contributed by atoms with van der Waals surface area (Å²) in [4.78, 5) is 33.4. The van der Waals surface area contributed by atoms with Crippen LogP contribution < -0.4 is 5.32 Å². The molecule has 0 unspecified atom stereocenters. The van der Waals surface area contributed by atoms with E-state index in [-0.39, 0.29) is 11.9 Å². The molecule has 1 saturated heterocycles. The van der Waals surface area contributed by atoms with Crippen molar-refractivity contribution < 1.29 is 4.79 Å². The molecule has 3 aromatic heterocycles. The summed E-state index contributed by atoms with van der Waals surface area (Å²) in [5.74, 6) is 0.522. The molecule has 8 nitrogen and oxygen atoms in total. The molecular weight excluding hydrogens is 402 g/mol. The molecule has 3 N–H and O–H groups in total. The number of likely N-dealkylation sites (tertiary alicyclic amines) is 1. The lowest BCUT2D eigenvalue weighted by molar-refractivity contribution is 0.0713. The second kappa shape index (κ2) is 7.79. The van der Waals surface area contributed by atoms with Crippen LogP contribution in [0.1, 0.15) is 23.3 Å². The zero-order valence-electron chi connectivity index (χ0n) is 16.1. The lowest BCUT2D eigenvalue weighted by atomic mass is 10.0. The maximum Gasteiger partial charge on any atom is 0.271 e.